The fraction of sp³-hybridized carbons (Fsp3) is 0. The summed E-state index contributed by atoms with van der Waals surface area (Å²) in [5, 5.41) is 13.9. The van der Waals surface area contributed by atoms with Gasteiger partial charge in [0.05, 0.1) is 71.2 Å². The molecule has 0 saturated carbocycles. The van der Waals surface area contributed by atoms with Gasteiger partial charge in [0, 0.05) is 94.6 Å². The maximum Gasteiger partial charge on any atom is 0.147 e. The van der Waals surface area contributed by atoms with Crippen molar-refractivity contribution in [1.29, 1.82) is 0 Å². The van der Waals surface area contributed by atoms with E-state index in [1.54, 1.807) is 18.3 Å². The van der Waals surface area contributed by atoms with Crippen LogP contribution in [0.2, 0.25) is 5.02 Å². The molecule has 0 fully saturated rings. The molecule has 0 spiro atoms. The summed E-state index contributed by atoms with van der Waals surface area (Å²) in [5.74, 6) is 0.879. The van der Waals surface area contributed by atoms with E-state index in [4.69, 9.17) is 26.6 Å². The number of H-pyrrole nitrogens is 1. The summed E-state index contributed by atoms with van der Waals surface area (Å²) in [6.45, 7) is 0. The van der Waals surface area contributed by atoms with Gasteiger partial charge in [-0.1, -0.05) is 169 Å². The van der Waals surface area contributed by atoms with Crippen molar-refractivity contribution >= 4 is 164 Å². The summed E-state index contributed by atoms with van der Waals surface area (Å²) < 4.78 is 12.6. The van der Waals surface area contributed by atoms with E-state index >= 15 is 0 Å². The van der Waals surface area contributed by atoms with Gasteiger partial charge in [0.1, 0.15) is 21.7 Å². The molecule has 21 aromatic rings. The molecule has 0 aliphatic carbocycles. The van der Waals surface area contributed by atoms with E-state index in [9.17, 15) is 0 Å². The van der Waals surface area contributed by atoms with E-state index < -0.39 is 0 Å². The zero-order chi connectivity index (χ0) is 63.5. The zero-order valence-corrected chi connectivity index (χ0v) is 53.6. The molecule has 21 rings (SSSR count). The van der Waals surface area contributed by atoms with Crippen molar-refractivity contribution in [3.63, 3.8) is 0 Å². The Morgan fingerprint density at radius 1 is 0.312 bits per heavy atom. The minimum Gasteiger partial charge on any atom is -0.338 e. The fourth-order valence-corrected chi connectivity index (χ4v) is 15.1. The molecule has 12 aromatic carbocycles. The number of hydrogen-bond acceptors (Lipinski definition) is 4. The molecule has 0 atom stereocenters. The summed E-state index contributed by atoms with van der Waals surface area (Å²) in [7, 11) is 0. The highest BCUT2D eigenvalue weighted by atomic mass is 79.9. The zero-order valence-electron chi connectivity index (χ0n) is 51.2. The number of nitrogens with one attached hydrogen (secondary N) is 1. The van der Waals surface area contributed by atoms with Crippen LogP contribution in [-0.2, 0) is 0 Å². The highest BCUT2D eigenvalue weighted by Crippen LogP contribution is 2.46. The minimum absolute atomic E-state index is 0.646. The number of para-hydroxylation sites is 10. The van der Waals surface area contributed by atoms with Crippen molar-refractivity contribution in [2.45, 2.75) is 0 Å². The average Bonchev–Trinajstić information content (AvgIpc) is 1.53. The maximum absolute atomic E-state index is 5.60. The van der Waals surface area contributed by atoms with E-state index in [0.29, 0.717) is 9.63 Å². The Morgan fingerprint density at radius 2 is 0.802 bits per heavy atom. The van der Waals surface area contributed by atoms with Gasteiger partial charge in [-0.05, 0) is 161 Å². The first kappa shape index (κ1) is 55.5. The summed E-state index contributed by atoms with van der Waals surface area (Å²) in [4.78, 5) is 22.4. The Labute approximate surface area is 561 Å². The number of aromatic amines is 1. The highest BCUT2D eigenvalue weighted by molar-refractivity contribution is 9.10. The molecule has 10 nitrogen and oxygen atoms in total. The molecule has 0 amide bonds. The summed E-state index contributed by atoms with van der Waals surface area (Å²) in [6.07, 6.45) is 3.55. The van der Waals surface area contributed by atoms with Crippen molar-refractivity contribution in [1.82, 2.24) is 47.6 Å². The largest absolute Gasteiger partial charge is 0.338 e. The highest BCUT2D eigenvalue weighted by Gasteiger charge is 2.25. The van der Waals surface area contributed by atoms with E-state index in [2.05, 4.69) is 309 Å². The van der Waals surface area contributed by atoms with Gasteiger partial charge in [-0.2, -0.15) is 0 Å². The second-order valence-electron chi connectivity index (χ2n) is 24.1. The molecule has 12 heteroatoms. The quantitative estimate of drug-likeness (QED) is 0.137. The van der Waals surface area contributed by atoms with Crippen molar-refractivity contribution in [3.05, 3.63) is 319 Å². The standard InChI is InChI=1S/C42H25N5.C37H24N4.C5H3BrClN/c1-3-12-26(13-4-1)45-35-19-9-7-16-30(35)39-37(45)22-21-28-32-24-31-29-17-11-23-43-41(29)47-36-20-10-8-18-34(36)44-42(47)33(31)25-38(32)46(40(28)39)27-14-5-2-6-15-27;1-3-11-25(12-4-1)40-32-18-10-7-15-29(32)35-33(40)22-21-28-27-20-19-24(37-38-30-16-8-9-17-31(30)39-37)23-34(27)41(36(28)35)26-13-5-2-6-14-26;6-5-4(7)2-1-3-8-5/h1-25H;1-23H,(H,38,39);1-3H. The van der Waals surface area contributed by atoms with Gasteiger partial charge in [-0.15, -0.1) is 0 Å². The molecule has 0 radical (unpaired) electrons. The third kappa shape index (κ3) is 8.64. The van der Waals surface area contributed by atoms with Crippen LogP contribution in [0.5, 0.6) is 0 Å². The number of aromatic nitrogens is 10. The normalized spacial score (nSPS) is 11.9. The molecule has 0 unspecified atom stereocenters. The number of pyridine rings is 3. The predicted octanol–water partition coefficient (Wildman–Crippen LogP) is 22.3. The second-order valence-corrected chi connectivity index (χ2v) is 25.2. The number of fused-ring (bicyclic) bond motifs is 23. The van der Waals surface area contributed by atoms with Gasteiger partial charge in [-0.3, -0.25) is 4.40 Å². The van der Waals surface area contributed by atoms with Gasteiger partial charge in [-0.25, -0.2) is 19.9 Å². The topological polar surface area (TPSA) is 91.5 Å². The SMILES string of the molecule is Clc1cccnc1Br.c1ccc(-n2c3ccccc3c3c2ccc2c4cc5c6cccnc6n6c7ccccc7nc6c5cc4n(-c4ccccc4)c23)cc1.c1ccc(-n2c3ccccc3c3c2ccc2c4ccc(-c5nc6ccccc6[nH]5)cc4n(-c4ccccc4)c23)cc1. The van der Waals surface area contributed by atoms with Gasteiger partial charge >= 0.3 is 0 Å². The minimum atomic E-state index is 0.646. The van der Waals surface area contributed by atoms with Crippen LogP contribution in [-0.4, -0.2) is 47.6 Å². The molecular weight excluding hydrogens is 1260 g/mol. The molecule has 1 N–H and O–H groups in total. The molecule has 0 saturated heterocycles. The van der Waals surface area contributed by atoms with Crippen LogP contribution in [0.25, 0.3) is 171 Å². The Balaban J connectivity index is 0.000000122. The first-order chi connectivity index (χ1) is 47.5. The first-order valence-electron chi connectivity index (χ1n) is 31.9. The number of benzene rings is 12. The molecule has 96 heavy (non-hydrogen) atoms. The number of halogens is 2. The van der Waals surface area contributed by atoms with Crippen LogP contribution in [0, 0.1) is 0 Å². The van der Waals surface area contributed by atoms with Crippen LogP contribution >= 0.6 is 27.5 Å². The second kappa shape index (κ2) is 22.3. The first-order valence-corrected chi connectivity index (χ1v) is 33.1. The Bertz CT molecular complexity index is 6610. The van der Waals surface area contributed by atoms with Crippen LogP contribution in [0.1, 0.15) is 0 Å². The summed E-state index contributed by atoms with van der Waals surface area (Å²) >= 11 is 8.75. The van der Waals surface area contributed by atoms with Gasteiger partial charge < -0.3 is 23.3 Å². The predicted molar refractivity (Wildman–Crippen MR) is 401 cm³/mol. The fourth-order valence-electron chi connectivity index (χ4n) is 14.8. The lowest BCUT2D eigenvalue weighted by molar-refractivity contribution is 1.17. The average molecular weight is 1320 g/mol. The number of rotatable bonds is 5. The monoisotopic (exact) mass is 1310 g/mol. The van der Waals surface area contributed by atoms with E-state index in [-0.39, 0.29) is 0 Å². The maximum atomic E-state index is 5.60. The molecule has 0 aliphatic heterocycles. The lowest BCUT2D eigenvalue weighted by Gasteiger charge is -2.11. The summed E-state index contributed by atoms with van der Waals surface area (Å²) in [5.41, 5.74) is 21.0. The van der Waals surface area contributed by atoms with Crippen molar-refractivity contribution in [3.8, 4) is 34.1 Å². The Hall–Kier alpha value is -12.2. The molecular formula is C84H52BrClN10. The third-order valence-corrected chi connectivity index (χ3v) is 20.0. The summed E-state index contributed by atoms with van der Waals surface area (Å²) in [6, 6.07) is 105. The van der Waals surface area contributed by atoms with Crippen LogP contribution in [0.3, 0.4) is 0 Å². The van der Waals surface area contributed by atoms with Crippen LogP contribution < -0.4 is 0 Å². The number of nitrogens with zero attached hydrogens (tertiary/aromatic N) is 9. The van der Waals surface area contributed by atoms with E-state index in [0.717, 1.165) is 94.7 Å². The Kier molecular flexibility index (Phi) is 12.9. The lowest BCUT2D eigenvalue weighted by Crippen LogP contribution is -1.96. The molecule has 0 aliphatic rings. The van der Waals surface area contributed by atoms with Gasteiger partial charge in [0.2, 0.25) is 0 Å². The van der Waals surface area contributed by atoms with E-state index in [1.807, 2.05) is 30.5 Å². The molecule has 0 bridgehead atoms. The van der Waals surface area contributed by atoms with E-state index in [1.165, 1.54) is 76.2 Å². The third-order valence-electron chi connectivity index (χ3n) is 18.8. The van der Waals surface area contributed by atoms with Gasteiger partial charge in [0.15, 0.2) is 0 Å². The van der Waals surface area contributed by atoms with Gasteiger partial charge in [0.25, 0.3) is 0 Å². The van der Waals surface area contributed by atoms with Crippen molar-refractivity contribution in [2.24, 2.45) is 0 Å². The Morgan fingerprint density at radius 3 is 1.39 bits per heavy atom. The van der Waals surface area contributed by atoms with Crippen LogP contribution in [0.15, 0.2) is 314 Å². The lowest BCUT2D eigenvalue weighted by atomic mass is 10.0. The molecule has 9 heterocycles. The number of imidazole rings is 2. The molecule has 452 valence electrons. The number of hydrogen-bond donors (Lipinski definition) is 1. The van der Waals surface area contributed by atoms with Crippen molar-refractivity contribution < 1.29 is 0 Å². The van der Waals surface area contributed by atoms with Crippen LogP contribution in [0.4, 0.5) is 0 Å². The smallest absolute Gasteiger partial charge is 0.147 e. The van der Waals surface area contributed by atoms with Crippen molar-refractivity contribution in [2.75, 3.05) is 0 Å². The molecule has 9 aromatic heterocycles.